The summed E-state index contributed by atoms with van der Waals surface area (Å²) in [5.41, 5.74) is 6.19. The molecule has 2 fully saturated rings. The summed E-state index contributed by atoms with van der Waals surface area (Å²) in [6.45, 7) is 2.07. The molecule has 1 aromatic carbocycles. The smallest absolute Gasteiger partial charge is 0.243 e. The molecule has 1 saturated heterocycles. The Balaban J connectivity index is 1.69. The number of hydrogen-bond acceptors (Lipinski definition) is 5. The van der Waals surface area contributed by atoms with Gasteiger partial charge in [-0.05, 0) is 48.9 Å². The summed E-state index contributed by atoms with van der Waals surface area (Å²) in [5.74, 6) is 1.34. The molecule has 0 aromatic heterocycles. The molecule has 0 spiro atoms. The van der Waals surface area contributed by atoms with E-state index in [-0.39, 0.29) is 6.04 Å². The predicted octanol–water partition coefficient (Wildman–Crippen LogP) is 1.46. The molecular weight excluding hydrogens is 328 g/mol. The van der Waals surface area contributed by atoms with Gasteiger partial charge in [-0.2, -0.15) is 4.31 Å². The van der Waals surface area contributed by atoms with Crippen molar-refractivity contribution in [3.8, 4) is 5.75 Å². The van der Waals surface area contributed by atoms with Gasteiger partial charge in [0.2, 0.25) is 10.0 Å². The molecule has 1 aliphatic heterocycles. The predicted molar refractivity (Wildman–Crippen MR) is 91.4 cm³/mol. The maximum atomic E-state index is 12.9. The molecule has 1 aliphatic carbocycles. The van der Waals surface area contributed by atoms with Crippen LogP contribution in [0.3, 0.4) is 0 Å². The monoisotopic (exact) mass is 354 g/mol. The third kappa shape index (κ3) is 3.59. The van der Waals surface area contributed by atoms with Crippen LogP contribution in [0, 0.1) is 11.8 Å². The lowest BCUT2D eigenvalue weighted by Gasteiger charge is -2.29. The summed E-state index contributed by atoms with van der Waals surface area (Å²) in [7, 11) is -1.86. The van der Waals surface area contributed by atoms with Gasteiger partial charge in [-0.25, -0.2) is 8.42 Å². The highest BCUT2D eigenvalue weighted by Crippen LogP contribution is 2.37. The second-order valence-corrected chi connectivity index (χ2v) is 8.59. The van der Waals surface area contributed by atoms with Gasteiger partial charge in [-0.15, -0.1) is 0 Å². The molecule has 3 unspecified atom stereocenters. The summed E-state index contributed by atoms with van der Waals surface area (Å²) in [6, 6.07) is 6.73. The molecule has 0 radical (unpaired) electrons. The molecule has 2 aliphatic rings. The van der Waals surface area contributed by atoms with Gasteiger partial charge in [0.25, 0.3) is 0 Å². The average molecular weight is 354 g/mol. The lowest BCUT2D eigenvalue weighted by atomic mass is 9.78. The fourth-order valence-corrected chi connectivity index (χ4v) is 5.31. The first-order valence-electron chi connectivity index (χ1n) is 8.50. The lowest BCUT2D eigenvalue weighted by Crippen LogP contribution is -2.38. The zero-order chi connectivity index (χ0) is 17.2. The molecule has 0 bridgehead atoms. The van der Waals surface area contributed by atoms with Crippen LogP contribution >= 0.6 is 0 Å². The standard InChI is InChI=1S/C17H26N2O4S/c1-22-9-10-23-14-5-7-15(8-6-14)24(20,21)19-11-13-3-2-4-17(18)16(13)12-19/h5-8,13,16-17H,2-4,9-12,18H2,1H3. The number of benzene rings is 1. The second kappa shape index (κ2) is 7.39. The Morgan fingerprint density at radius 3 is 2.58 bits per heavy atom. The Morgan fingerprint density at radius 2 is 1.92 bits per heavy atom. The molecule has 6 nitrogen and oxygen atoms in total. The quantitative estimate of drug-likeness (QED) is 0.782. The normalized spacial score (nSPS) is 27.8. The van der Waals surface area contributed by atoms with Crippen LogP contribution in [0.15, 0.2) is 29.2 Å². The van der Waals surface area contributed by atoms with E-state index in [2.05, 4.69) is 0 Å². The highest BCUT2D eigenvalue weighted by atomic mass is 32.2. The largest absolute Gasteiger partial charge is 0.491 e. The summed E-state index contributed by atoms with van der Waals surface area (Å²) >= 11 is 0. The topological polar surface area (TPSA) is 81.9 Å². The van der Waals surface area contributed by atoms with E-state index in [0.29, 0.717) is 48.8 Å². The molecule has 1 aromatic rings. The SMILES string of the molecule is COCCOc1ccc(S(=O)(=O)N2CC3CCCC(N)C3C2)cc1. The maximum Gasteiger partial charge on any atom is 0.243 e. The van der Waals surface area contributed by atoms with Crippen molar-refractivity contribution in [3.63, 3.8) is 0 Å². The van der Waals surface area contributed by atoms with E-state index in [1.165, 1.54) is 0 Å². The minimum atomic E-state index is -3.46. The van der Waals surface area contributed by atoms with Gasteiger partial charge in [0.15, 0.2) is 0 Å². The molecule has 24 heavy (non-hydrogen) atoms. The van der Waals surface area contributed by atoms with E-state index in [1.54, 1.807) is 35.7 Å². The Morgan fingerprint density at radius 1 is 1.17 bits per heavy atom. The van der Waals surface area contributed by atoms with Crippen molar-refractivity contribution >= 4 is 10.0 Å². The molecule has 3 rings (SSSR count). The maximum absolute atomic E-state index is 12.9. The zero-order valence-electron chi connectivity index (χ0n) is 14.1. The number of sulfonamides is 1. The number of rotatable bonds is 6. The molecule has 2 N–H and O–H groups in total. The van der Waals surface area contributed by atoms with E-state index in [0.717, 1.165) is 19.3 Å². The van der Waals surface area contributed by atoms with E-state index >= 15 is 0 Å². The van der Waals surface area contributed by atoms with Gasteiger partial charge in [0.1, 0.15) is 12.4 Å². The number of fused-ring (bicyclic) bond motifs is 1. The van der Waals surface area contributed by atoms with Crippen LogP contribution in [-0.2, 0) is 14.8 Å². The molecule has 7 heteroatoms. The third-order valence-corrected chi connectivity index (χ3v) is 6.98. The Labute approximate surface area is 144 Å². The van der Waals surface area contributed by atoms with Gasteiger partial charge >= 0.3 is 0 Å². The fraction of sp³-hybridized carbons (Fsp3) is 0.647. The number of nitrogens with two attached hydrogens (primary N) is 1. The molecule has 1 heterocycles. The van der Waals surface area contributed by atoms with Crippen LogP contribution in [0.2, 0.25) is 0 Å². The van der Waals surface area contributed by atoms with E-state index in [4.69, 9.17) is 15.2 Å². The number of hydrogen-bond donors (Lipinski definition) is 1. The fourth-order valence-electron chi connectivity index (χ4n) is 3.77. The van der Waals surface area contributed by atoms with Gasteiger partial charge in [0, 0.05) is 26.2 Å². The van der Waals surface area contributed by atoms with E-state index in [9.17, 15) is 8.42 Å². The van der Waals surface area contributed by atoms with E-state index < -0.39 is 10.0 Å². The second-order valence-electron chi connectivity index (χ2n) is 6.65. The highest BCUT2D eigenvalue weighted by Gasteiger charge is 2.43. The van der Waals surface area contributed by atoms with Gasteiger partial charge in [-0.1, -0.05) is 6.42 Å². The number of methoxy groups -OCH3 is 1. The van der Waals surface area contributed by atoms with Gasteiger partial charge in [0.05, 0.1) is 11.5 Å². The van der Waals surface area contributed by atoms with E-state index in [1.807, 2.05) is 0 Å². The molecule has 1 saturated carbocycles. The summed E-state index contributed by atoms with van der Waals surface area (Å²) in [6.07, 6.45) is 3.18. The van der Waals surface area contributed by atoms with Crippen LogP contribution in [0.4, 0.5) is 0 Å². The summed E-state index contributed by atoms with van der Waals surface area (Å²) < 4.78 is 37.8. The molecule has 134 valence electrons. The Hall–Kier alpha value is -1.15. The third-order valence-electron chi connectivity index (χ3n) is 5.14. The average Bonchev–Trinajstić information content (AvgIpc) is 3.02. The van der Waals surface area contributed by atoms with Crippen molar-refractivity contribution in [3.05, 3.63) is 24.3 Å². The number of ether oxygens (including phenoxy) is 2. The van der Waals surface area contributed by atoms with Gasteiger partial charge < -0.3 is 15.2 Å². The van der Waals surface area contributed by atoms with Crippen molar-refractivity contribution in [1.29, 1.82) is 0 Å². The highest BCUT2D eigenvalue weighted by molar-refractivity contribution is 7.89. The first kappa shape index (κ1) is 17.7. The number of nitrogens with zero attached hydrogens (tertiary/aromatic N) is 1. The first-order chi connectivity index (χ1) is 11.5. The lowest BCUT2D eigenvalue weighted by molar-refractivity contribution is 0.146. The van der Waals surface area contributed by atoms with Crippen LogP contribution in [0.5, 0.6) is 5.75 Å². The van der Waals surface area contributed by atoms with Crippen LogP contribution in [0.1, 0.15) is 19.3 Å². The summed E-state index contributed by atoms with van der Waals surface area (Å²) in [5, 5.41) is 0. The van der Waals surface area contributed by atoms with Crippen LogP contribution in [-0.4, -0.2) is 52.2 Å². The first-order valence-corrected chi connectivity index (χ1v) is 9.94. The molecular formula is C17H26N2O4S. The van der Waals surface area contributed by atoms with Crippen LogP contribution in [0.25, 0.3) is 0 Å². The Bertz CT molecular complexity index is 647. The zero-order valence-corrected chi connectivity index (χ0v) is 14.9. The van der Waals surface area contributed by atoms with Crippen molar-refractivity contribution in [2.24, 2.45) is 17.6 Å². The minimum Gasteiger partial charge on any atom is -0.491 e. The molecule has 0 amide bonds. The minimum absolute atomic E-state index is 0.125. The van der Waals surface area contributed by atoms with Crippen molar-refractivity contribution in [1.82, 2.24) is 4.31 Å². The van der Waals surface area contributed by atoms with Crippen molar-refractivity contribution < 1.29 is 17.9 Å². The molecule has 3 atom stereocenters. The van der Waals surface area contributed by atoms with Gasteiger partial charge in [-0.3, -0.25) is 0 Å². The summed E-state index contributed by atoms with van der Waals surface area (Å²) in [4.78, 5) is 0.314. The van der Waals surface area contributed by atoms with Crippen LogP contribution < -0.4 is 10.5 Å². The Kier molecular flexibility index (Phi) is 5.44. The van der Waals surface area contributed by atoms with Crippen molar-refractivity contribution in [2.75, 3.05) is 33.4 Å². The van der Waals surface area contributed by atoms with Crippen molar-refractivity contribution in [2.45, 2.75) is 30.2 Å².